The molecule has 0 saturated heterocycles. The topological polar surface area (TPSA) is 26.3 Å². The Hall–Kier alpha value is 0.240. The second kappa shape index (κ2) is 13.3. The van der Waals surface area contributed by atoms with Crippen molar-refractivity contribution in [2.45, 2.75) is 51.4 Å². The predicted molar refractivity (Wildman–Crippen MR) is 72.4 cm³/mol. The van der Waals surface area contributed by atoms with E-state index in [1.165, 1.54) is 0 Å². The van der Waals surface area contributed by atoms with Crippen molar-refractivity contribution in [3.8, 4) is 0 Å². The van der Waals surface area contributed by atoms with Crippen LogP contribution in [0.25, 0.3) is 0 Å². The number of hydrogen-bond donors (Lipinski definition) is 0. The molecule has 0 rings (SSSR count). The summed E-state index contributed by atoms with van der Waals surface area (Å²) in [6.45, 7) is 0.569. The zero-order valence-corrected chi connectivity index (χ0v) is 12.2. The van der Waals surface area contributed by atoms with Gasteiger partial charge in [-0.05, 0) is 25.7 Å². The highest BCUT2D eigenvalue weighted by molar-refractivity contribution is 9.09. The molecule has 0 radical (unpaired) electrons. The Balaban J connectivity index is 3.11. The number of carbonyl (C=O) groups excluding carboxylic acids is 1. The first-order valence-electron chi connectivity index (χ1n) is 6.08. The van der Waals surface area contributed by atoms with Crippen molar-refractivity contribution in [3.05, 3.63) is 0 Å². The van der Waals surface area contributed by atoms with Gasteiger partial charge in [-0.1, -0.05) is 35.2 Å². The lowest BCUT2D eigenvalue weighted by Gasteiger charge is -2.04. The second-order valence-electron chi connectivity index (χ2n) is 3.82. The van der Waals surface area contributed by atoms with Crippen LogP contribution >= 0.6 is 27.5 Å². The first-order valence-corrected chi connectivity index (χ1v) is 7.74. The average molecular weight is 314 g/mol. The van der Waals surface area contributed by atoms with Crippen LogP contribution in [0.2, 0.25) is 0 Å². The molecular weight excluding hydrogens is 291 g/mol. The number of halogens is 2. The lowest BCUT2D eigenvalue weighted by atomic mass is 10.2. The van der Waals surface area contributed by atoms with E-state index >= 15 is 0 Å². The maximum atomic E-state index is 11.2. The van der Waals surface area contributed by atoms with Gasteiger partial charge in [-0.2, -0.15) is 0 Å². The number of ether oxygens (including phenoxy) is 1. The first-order chi connectivity index (χ1) is 7.81. The van der Waals surface area contributed by atoms with E-state index in [1.54, 1.807) is 0 Å². The van der Waals surface area contributed by atoms with Crippen LogP contribution in [0.4, 0.5) is 0 Å². The predicted octanol–water partition coefficient (Wildman–Crippen LogP) is 4.28. The largest absolute Gasteiger partial charge is 0.466 e. The number of alkyl halides is 2. The van der Waals surface area contributed by atoms with E-state index in [2.05, 4.69) is 15.9 Å². The van der Waals surface area contributed by atoms with Crippen LogP contribution in [0.15, 0.2) is 0 Å². The molecule has 0 unspecified atom stereocenters. The molecule has 0 spiro atoms. The number of esters is 1. The lowest BCUT2D eigenvalue weighted by molar-refractivity contribution is -0.143. The van der Waals surface area contributed by atoms with Crippen LogP contribution in [0.3, 0.4) is 0 Å². The molecule has 0 fully saturated rings. The molecule has 0 aromatic heterocycles. The molecule has 0 amide bonds. The Morgan fingerprint density at radius 1 is 1.00 bits per heavy atom. The Kier molecular flexibility index (Phi) is 13.5. The fourth-order valence-electron chi connectivity index (χ4n) is 1.35. The Bertz CT molecular complexity index is 165. The average Bonchev–Trinajstić information content (AvgIpc) is 2.29. The fourth-order valence-corrected chi connectivity index (χ4v) is 1.93. The third-order valence-corrected chi connectivity index (χ3v) is 3.13. The van der Waals surface area contributed by atoms with Crippen molar-refractivity contribution in [3.63, 3.8) is 0 Å². The highest BCUT2D eigenvalue weighted by Gasteiger charge is 2.01. The van der Waals surface area contributed by atoms with Crippen molar-refractivity contribution >= 4 is 33.5 Å². The normalized spacial score (nSPS) is 10.4. The molecule has 96 valence electrons. The molecule has 0 atom stereocenters. The summed E-state index contributed by atoms with van der Waals surface area (Å²) in [7, 11) is 0. The zero-order valence-electron chi connectivity index (χ0n) is 9.85. The van der Waals surface area contributed by atoms with Crippen molar-refractivity contribution in [1.29, 1.82) is 0 Å². The van der Waals surface area contributed by atoms with Gasteiger partial charge in [0.25, 0.3) is 0 Å². The summed E-state index contributed by atoms with van der Waals surface area (Å²) in [5, 5.41) is 1.02. The molecule has 0 aromatic carbocycles. The molecule has 0 bridgehead atoms. The monoisotopic (exact) mass is 312 g/mol. The number of hydrogen-bond acceptors (Lipinski definition) is 2. The second-order valence-corrected chi connectivity index (χ2v) is 4.99. The van der Waals surface area contributed by atoms with E-state index in [-0.39, 0.29) is 5.97 Å². The van der Waals surface area contributed by atoms with Crippen LogP contribution < -0.4 is 0 Å². The number of rotatable bonds is 11. The molecular formula is C12H22BrClO2. The molecule has 0 aromatic rings. The molecule has 2 nitrogen and oxygen atoms in total. The summed E-state index contributed by atoms with van der Waals surface area (Å²) >= 11 is 8.92. The SMILES string of the molecule is O=C(CCCCCBr)OCCCCCCCl. The molecule has 0 aliphatic carbocycles. The smallest absolute Gasteiger partial charge is 0.305 e. The van der Waals surface area contributed by atoms with Gasteiger partial charge in [-0.25, -0.2) is 0 Å². The van der Waals surface area contributed by atoms with Gasteiger partial charge in [-0.3, -0.25) is 4.79 Å². The van der Waals surface area contributed by atoms with Gasteiger partial charge < -0.3 is 4.74 Å². The van der Waals surface area contributed by atoms with Gasteiger partial charge in [0.15, 0.2) is 0 Å². The maximum Gasteiger partial charge on any atom is 0.305 e. The van der Waals surface area contributed by atoms with Crippen LogP contribution in [-0.4, -0.2) is 23.8 Å². The molecule has 4 heteroatoms. The highest BCUT2D eigenvalue weighted by Crippen LogP contribution is 2.05. The molecule has 0 saturated carbocycles. The Morgan fingerprint density at radius 2 is 1.69 bits per heavy atom. The summed E-state index contributed by atoms with van der Waals surface area (Å²) in [5.74, 6) is 0.680. The minimum Gasteiger partial charge on any atom is -0.466 e. The van der Waals surface area contributed by atoms with Crippen LogP contribution in [0.5, 0.6) is 0 Å². The van der Waals surface area contributed by atoms with Crippen LogP contribution in [0, 0.1) is 0 Å². The Labute approximate surface area is 112 Å². The first kappa shape index (κ1) is 16.2. The third kappa shape index (κ3) is 12.3. The van der Waals surface area contributed by atoms with Gasteiger partial charge in [0, 0.05) is 17.6 Å². The van der Waals surface area contributed by atoms with Crippen LogP contribution in [-0.2, 0) is 9.53 Å². The van der Waals surface area contributed by atoms with E-state index < -0.39 is 0 Å². The Morgan fingerprint density at radius 3 is 2.38 bits per heavy atom. The van der Waals surface area contributed by atoms with Crippen molar-refractivity contribution < 1.29 is 9.53 Å². The van der Waals surface area contributed by atoms with Crippen molar-refractivity contribution in [1.82, 2.24) is 0 Å². The molecule has 0 N–H and O–H groups in total. The summed E-state index contributed by atoms with van der Waals surface area (Å²) in [5.41, 5.74) is 0. The minimum absolute atomic E-state index is 0.0492. The van der Waals surface area contributed by atoms with E-state index in [0.717, 1.165) is 56.2 Å². The van der Waals surface area contributed by atoms with Gasteiger partial charge in [-0.15, -0.1) is 11.6 Å². The maximum absolute atomic E-state index is 11.2. The highest BCUT2D eigenvalue weighted by atomic mass is 79.9. The van der Waals surface area contributed by atoms with E-state index in [4.69, 9.17) is 16.3 Å². The third-order valence-electron chi connectivity index (χ3n) is 2.31. The van der Waals surface area contributed by atoms with E-state index in [1.807, 2.05) is 0 Å². The van der Waals surface area contributed by atoms with E-state index in [9.17, 15) is 4.79 Å². The molecule has 16 heavy (non-hydrogen) atoms. The minimum atomic E-state index is -0.0492. The zero-order chi connectivity index (χ0) is 12.1. The number of carbonyl (C=O) groups is 1. The van der Waals surface area contributed by atoms with Crippen molar-refractivity contribution in [2.24, 2.45) is 0 Å². The van der Waals surface area contributed by atoms with Gasteiger partial charge in [0.05, 0.1) is 6.61 Å². The summed E-state index contributed by atoms with van der Waals surface area (Å²) in [6.07, 6.45) is 7.98. The molecule has 0 aliphatic rings. The van der Waals surface area contributed by atoms with Crippen LogP contribution in [0.1, 0.15) is 51.4 Å². The van der Waals surface area contributed by atoms with Gasteiger partial charge >= 0.3 is 5.97 Å². The molecule has 0 aliphatic heterocycles. The quantitative estimate of drug-likeness (QED) is 0.323. The lowest BCUT2D eigenvalue weighted by Crippen LogP contribution is -2.05. The van der Waals surface area contributed by atoms with Crippen molar-refractivity contribution in [2.75, 3.05) is 17.8 Å². The van der Waals surface area contributed by atoms with Gasteiger partial charge in [0.2, 0.25) is 0 Å². The summed E-state index contributed by atoms with van der Waals surface area (Å²) < 4.78 is 5.12. The number of unbranched alkanes of at least 4 members (excludes halogenated alkanes) is 5. The summed E-state index contributed by atoms with van der Waals surface area (Å²) in [4.78, 5) is 11.2. The fraction of sp³-hybridized carbons (Fsp3) is 0.917. The summed E-state index contributed by atoms with van der Waals surface area (Å²) in [6, 6.07) is 0. The van der Waals surface area contributed by atoms with Gasteiger partial charge in [0.1, 0.15) is 0 Å². The molecule has 0 heterocycles. The standard InChI is InChI=1S/C12H22BrClO2/c13-9-5-3-4-8-12(15)16-11-7-2-1-6-10-14/h1-11H2. The van der Waals surface area contributed by atoms with E-state index in [0.29, 0.717) is 13.0 Å².